The molecule has 0 bridgehead atoms. The van der Waals surface area contributed by atoms with E-state index in [1.54, 1.807) is 6.07 Å². The Labute approximate surface area is 300 Å². The maximum Gasteiger partial charge on any atom is 0.305 e. The fourth-order valence-corrected chi connectivity index (χ4v) is 8.00. The number of ether oxygens (including phenoxy) is 2. The summed E-state index contributed by atoms with van der Waals surface area (Å²) in [6.45, 7) is 7.12. The van der Waals surface area contributed by atoms with Crippen LogP contribution >= 0.6 is 49.7 Å². The summed E-state index contributed by atoms with van der Waals surface area (Å²) < 4.78 is 9.09. The van der Waals surface area contributed by atoms with Gasteiger partial charge in [-0.2, -0.15) is 10.5 Å². The summed E-state index contributed by atoms with van der Waals surface area (Å²) in [7, 11) is 19.6. The van der Waals surface area contributed by atoms with Crippen molar-refractivity contribution in [2.75, 3.05) is 14.2 Å². The normalized spacial score (nSPS) is 8.95. The minimum Gasteiger partial charge on any atom is -0.469 e. The van der Waals surface area contributed by atoms with Gasteiger partial charge in [0.05, 0.1) is 26.4 Å². The van der Waals surface area contributed by atoms with Gasteiger partial charge in [-0.25, -0.2) is 0 Å². The molecule has 0 aliphatic carbocycles. The van der Waals surface area contributed by atoms with Crippen LogP contribution in [0.15, 0.2) is 37.5 Å². The Morgan fingerprint density at radius 2 is 1.09 bits per heavy atom. The molecule has 0 aliphatic rings. The fourth-order valence-electron chi connectivity index (χ4n) is 2.51. The molecule has 0 aliphatic heterocycles. The lowest BCUT2D eigenvalue weighted by atomic mass is 10.1. The number of nitriles is 2. The third kappa shape index (κ3) is 69.7. The molecule has 4 atom stereocenters. The third-order valence-electron chi connectivity index (χ3n) is 4.63. The van der Waals surface area contributed by atoms with Gasteiger partial charge in [-0.3, -0.25) is 9.59 Å². The summed E-state index contributed by atoms with van der Waals surface area (Å²) in [6.07, 6.45) is 20.9. The Balaban J connectivity index is -0.000000157. The smallest absolute Gasteiger partial charge is 0.305 e. The van der Waals surface area contributed by atoms with E-state index in [0.29, 0.717) is 12.8 Å². The summed E-state index contributed by atoms with van der Waals surface area (Å²) in [6, 6.07) is 3.66. The first-order valence-electron chi connectivity index (χ1n) is 13.4. The fraction of sp³-hybridized carbons (Fsp3) is 0.615. The summed E-state index contributed by atoms with van der Waals surface area (Å²) in [5.41, 5.74) is 0. The van der Waals surface area contributed by atoms with Gasteiger partial charge >= 0.3 is 11.9 Å². The summed E-state index contributed by atoms with van der Waals surface area (Å²) in [5, 5.41) is 15.7. The van der Waals surface area contributed by atoms with Crippen LogP contribution in [-0.2, 0) is 77.0 Å². The van der Waals surface area contributed by atoms with Crippen LogP contribution in [0, 0.1) is 22.7 Å². The van der Waals surface area contributed by atoms with E-state index >= 15 is 0 Å². The standard InChI is InChI=1S/C12H19NO2.C11H20O2.C3H3N.H8P6.S6/c1-15-12(14)10-8-6-4-2-3-5-7-9-11-13;1-3-4-5-6-7-8-9-10-11(12)13-2;1-2-3-4;1-5(2)6(3)4;1-3-5-6-4-2/h7,9H,2-6,8,10H2,1H3;3H,1,4-10H2,2H3;2H,1H2;1-4H2;. The zero-order valence-electron chi connectivity index (χ0n) is 25.8. The zero-order chi connectivity index (χ0) is 34.7. The maximum absolute atomic E-state index is 10.8. The molecule has 6 nitrogen and oxygen atoms in total. The van der Waals surface area contributed by atoms with Gasteiger partial charge < -0.3 is 9.47 Å². The third-order valence-corrected chi connectivity index (χ3v) is 32.6. The van der Waals surface area contributed by atoms with E-state index in [1.807, 2.05) is 18.2 Å². The first-order valence-corrected chi connectivity index (χ1v) is 29.9. The van der Waals surface area contributed by atoms with E-state index in [9.17, 15) is 9.59 Å². The van der Waals surface area contributed by atoms with Crippen LogP contribution in [-0.4, -0.2) is 26.2 Å². The van der Waals surface area contributed by atoms with Gasteiger partial charge in [0.2, 0.25) is 0 Å². The second kappa shape index (κ2) is 53.5. The number of methoxy groups -OCH3 is 2. The Kier molecular flexibility index (Phi) is 66.3. The number of hydrogen-bond donors (Lipinski definition) is 0. The Bertz CT molecular complexity index is 960. The van der Waals surface area contributed by atoms with Crippen LogP contribution in [0.1, 0.15) is 89.9 Å². The molecular weight excluding hydrogens is 783 g/mol. The highest BCUT2D eigenvalue weighted by Gasteiger charge is 1.99. The number of rotatable bonds is 17. The molecule has 0 spiro atoms. The molecule has 44 heavy (non-hydrogen) atoms. The van der Waals surface area contributed by atoms with Gasteiger partial charge in [-0.1, -0.05) is 57.3 Å². The molecule has 0 rings (SSSR count). The van der Waals surface area contributed by atoms with Gasteiger partial charge in [0, 0.05) is 82.9 Å². The van der Waals surface area contributed by atoms with Crippen molar-refractivity contribution in [3.63, 3.8) is 0 Å². The average molecular weight is 833 g/mol. The van der Waals surface area contributed by atoms with E-state index in [2.05, 4.69) is 80.7 Å². The Morgan fingerprint density at radius 1 is 0.727 bits per heavy atom. The van der Waals surface area contributed by atoms with E-state index in [-0.39, 0.29) is 25.9 Å². The zero-order valence-corrected chi connectivity index (χ0v) is 37.1. The molecule has 0 heterocycles. The Hall–Kier alpha value is 1.04. The second-order valence-corrected chi connectivity index (χ2v) is 34.8. The summed E-state index contributed by atoms with van der Waals surface area (Å²) in [5.74, 6) is -0.210. The predicted octanol–water partition coefficient (Wildman–Crippen LogP) is 9.75. The van der Waals surface area contributed by atoms with E-state index < -0.39 is 0 Å². The quantitative estimate of drug-likeness (QED) is 0.0470. The van der Waals surface area contributed by atoms with Crippen molar-refractivity contribution in [1.82, 2.24) is 0 Å². The monoisotopic (exact) mass is 832 g/mol. The molecular formula is C26H50N2O4P6S6. The summed E-state index contributed by atoms with van der Waals surface area (Å²) >= 11 is 9.03. The molecule has 18 heteroatoms. The lowest BCUT2D eigenvalue weighted by Crippen LogP contribution is -1.98. The predicted molar refractivity (Wildman–Crippen MR) is 226 cm³/mol. The average Bonchev–Trinajstić information content (AvgIpc) is 3.03. The minimum atomic E-state index is -0.119. The molecule has 0 saturated carbocycles. The lowest BCUT2D eigenvalue weighted by molar-refractivity contribution is -0.141. The molecule has 0 aromatic rings. The van der Waals surface area contributed by atoms with Crippen LogP contribution in [0.25, 0.3) is 0 Å². The van der Waals surface area contributed by atoms with Crippen LogP contribution in [0.4, 0.5) is 0 Å². The van der Waals surface area contributed by atoms with E-state index in [1.165, 1.54) is 81.2 Å². The first kappa shape index (κ1) is 54.5. The lowest BCUT2D eigenvalue weighted by Gasteiger charge is -2.06. The minimum absolute atomic E-state index is 0.0916. The molecule has 0 N–H and O–H groups in total. The maximum atomic E-state index is 10.8. The van der Waals surface area contributed by atoms with Crippen LogP contribution in [0.3, 0.4) is 0 Å². The SMILES string of the molecule is C=CC#N.C=CCCCCCCCC(=O)OC.COC(=O)CCCCCCCC=CC#N.PP(P)P(P)P.S=S=S=S=S=S. The van der Waals surface area contributed by atoms with Crippen molar-refractivity contribution in [1.29, 1.82) is 10.5 Å². The van der Waals surface area contributed by atoms with Gasteiger partial charge in [0.1, 0.15) is 0 Å². The molecule has 4 unspecified atom stereocenters. The van der Waals surface area contributed by atoms with Crippen molar-refractivity contribution < 1.29 is 19.1 Å². The van der Waals surface area contributed by atoms with Crippen LogP contribution in [0.2, 0.25) is 0 Å². The topological polar surface area (TPSA) is 100 Å². The van der Waals surface area contributed by atoms with Crippen molar-refractivity contribution in [2.45, 2.75) is 89.9 Å². The van der Waals surface area contributed by atoms with Crippen molar-refractivity contribution in [3.8, 4) is 12.1 Å². The molecule has 0 amide bonds. The van der Waals surface area contributed by atoms with Gasteiger partial charge in [-0.15, -0.1) is 42.3 Å². The first-order chi connectivity index (χ1) is 21.1. The molecule has 0 saturated heterocycles. The number of unbranched alkanes of at least 4 members (excludes halogenated alkanes) is 10. The molecule has 0 aromatic carbocycles. The molecule has 0 fully saturated rings. The van der Waals surface area contributed by atoms with Crippen LogP contribution < -0.4 is 0 Å². The largest absolute Gasteiger partial charge is 0.469 e. The van der Waals surface area contributed by atoms with Gasteiger partial charge in [-0.05, 0) is 52.5 Å². The van der Waals surface area contributed by atoms with Crippen molar-refractivity contribution in [3.05, 3.63) is 37.5 Å². The molecule has 0 radical (unpaired) electrons. The van der Waals surface area contributed by atoms with Gasteiger partial charge in [0.15, 0.2) is 0 Å². The molecule has 0 aromatic heterocycles. The second-order valence-electron chi connectivity index (χ2n) is 7.95. The number of allylic oxidation sites excluding steroid dienone is 4. The number of carbonyl (C=O) groups excluding carboxylic acids is 2. The van der Waals surface area contributed by atoms with Crippen molar-refractivity contribution in [2.24, 2.45) is 0 Å². The van der Waals surface area contributed by atoms with Gasteiger partial charge in [0.25, 0.3) is 0 Å². The number of esters is 2. The number of carbonyl (C=O) groups is 2. The van der Waals surface area contributed by atoms with E-state index in [0.717, 1.165) is 57.8 Å². The van der Waals surface area contributed by atoms with E-state index in [4.69, 9.17) is 10.5 Å². The number of nitrogens with zero attached hydrogens (tertiary/aromatic N) is 2. The molecule has 254 valence electrons. The van der Waals surface area contributed by atoms with Crippen LogP contribution in [0.5, 0.6) is 0 Å². The van der Waals surface area contributed by atoms with Crippen molar-refractivity contribution >= 4 is 120 Å². The highest BCUT2D eigenvalue weighted by Crippen LogP contribution is 2.86. The Morgan fingerprint density at radius 3 is 1.39 bits per heavy atom. The number of hydrogen-bond acceptors (Lipinski definition) is 8. The summed E-state index contributed by atoms with van der Waals surface area (Å²) in [4.78, 5) is 21.5. The highest BCUT2D eigenvalue weighted by molar-refractivity contribution is 8.92. The highest BCUT2D eigenvalue weighted by atomic mass is 33.3.